The van der Waals surface area contributed by atoms with E-state index in [1.165, 1.54) is 6.08 Å². The zero-order valence-corrected chi connectivity index (χ0v) is 7.18. The number of rotatable bonds is 4. The topological polar surface area (TPSA) is 0 Å². The van der Waals surface area contributed by atoms with Crippen molar-refractivity contribution >= 4 is 0 Å². The predicted molar refractivity (Wildman–Crippen MR) is 48.1 cm³/mol. The maximum atomic E-state index is 12.7. The van der Waals surface area contributed by atoms with Crippen LogP contribution in [-0.2, 0) is 0 Å². The van der Waals surface area contributed by atoms with Gasteiger partial charge in [-0.05, 0) is 25.5 Å². The third-order valence-corrected chi connectivity index (χ3v) is 1.19. The third-order valence-electron chi connectivity index (χ3n) is 1.19. The van der Waals surface area contributed by atoms with Gasteiger partial charge in [0.1, 0.15) is 5.83 Å². The third kappa shape index (κ3) is 7.04. The monoisotopic (exact) mass is 154 g/mol. The molecule has 1 heteroatoms. The largest absolute Gasteiger partial charge is 0.207 e. The Morgan fingerprint density at radius 1 is 1.36 bits per heavy atom. The van der Waals surface area contributed by atoms with Crippen molar-refractivity contribution in [2.24, 2.45) is 0 Å². The van der Waals surface area contributed by atoms with Gasteiger partial charge in [0.25, 0.3) is 0 Å². The van der Waals surface area contributed by atoms with Crippen molar-refractivity contribution in [1.82, 2.24) is 0 Å². The van der Waals surface area contributed by atoms with Gasteiger partial charge in [-0.1, -0.05) is 31.6 Å². The molecule has 0 nitrogen and oxygen atoms in total. The Morgan fingerprint density at radius 3 is 2.64 bits per heavy atom. The van der Waals surface area contributed by atoms with Crippen LogP contribution in [-0.4, -0.2) is 0 Å². The van der Waals surface area contributed by atoms with Crippen LogP contribution in [0.5, 0.6) is 0 Å². The van der Waals surface area contributed by atoms with Crippen LogP contribution < -0.4 is 0 Å². The number of allylic oxidation sites excluding steroid dienone is 6. The van der Waals surface area contributed by atoms with Crippen molar-refractivity contribution in [2.45, 2.75) is 26.7 Å². The van der Waals surface area contributed by atoms with E-state index in [9.17, 15) is 4.39 Å². The van der Waals surface area contributed by atoms with Gasteiger partial charge in [0, 0.05) is 0 Å². The van der Waals surface area contributed by atoms with Crippen molar-refractivity contribution in [3.8, 4) is 0 Å². The van der Waals surface area contributed by atoms with Gasteiger partial charge in [0.15, 0.2) is 0 Å². The van der Waals surface area contributed by atoms with Crippen molar-refractivity contribution < 1.29 is 4.39 Å². The first kappa shape index (κ1) is 10.2. The smallest absolute Gasteiger partial charge is 0.119 e. The maximum absolute atomic E-state index is 12.7. The van der Waals surface area contributed by atoms with E-state index in [0.29, 0.717) is 0 Å². The molecule has 0 atom stereocenters. The number of halogens is 1. The van der Waals surface area contributed by atoms with Gasteiger partial charge < -0.3 is 0 Å². The van der Waals surface area contributed by atoms with Gasteiger partial charge >= 0.3 is 0 Å². The second kappa shape index (κ2) is 7.26. The van der Waals surface area contributed by atoms with Crippen molar-refractivity contribution in [2.75, 3.05) is 0 Å². The Hall–Kier alpha value is -0.850. The average Bonchev–Trinajstić information content (AvgIpc) is 2.01. The predicted octanol–water partition coefficient (Wildman–Crippen LogP) is 3.77. The summed E-state index contributed by atoms with van der Waals surface area (Å²) in [6.45, 7) is 3.93. The van der Waals surface area contributed by atoms with Gasteiger partial charge in [-0.15, -0.1) is 0 Å². The molecule has 0 radical (unpaired) electrons. The lowest BCUT2D eigenvalue weighted by Gasteiger charge is -1.85. The van der Waals surface area contributed by atoms with Gasteiger partial charge in [-0.3, -0.25) is 0 Å². The molecule has 0 amide bonds. The molecule has 0 aliphatic heterocycles. The molecule has 0 aromatic rings. The molecule has 0 aliphatic rings. The summed E-state index contributed by atoms with van der Waals surface area (Å²) in [5, 5.41) is 0. The first-order chi connectivity index (χ1) is 5.31. The van der Waals surface area contributed by atoms with Crippen LogP contribution in [0, 0.1) is 0 Å². The van der Waals surface area contributed by atoms with Crippen LogP contribution in [0.4, 0.5) is 4.39 Å². The molecular formula is C10H15F. The normalized spacial score (nSPS) is 13.5. The number of unbranched alkanes of at least 4 members (excludes halogenated alkanes) is 1. The molecule has 11 heavy (non-hydrogen) atoms. The van der Waals surface area contributed by atoms with Gasteiger partial charge in [-0.25, -0.2) is 4.39 Å². The highest BCUT2D eigenvalue weighted by Gasteiger charge is 1.83. The lowest BCUT2D eigenvalue weighted by molar-refractivity contribution is 0.658. The summed E-state index contributed by atoms with van der Waals surface area (Å²) in [5.74, 6) is -0.148. The highest BCUT2D eigenvalue weighted by Crippen LogP contribution is 2.01. The molecule has 0 heterocycles. The Balaban J connectivity index is 3.74. The molecule has 0 bridgehead atoms. The minimum atomic E-state index is -0.148. The molecule has 0 saturated carbocycles. The maximum Gasteiger partial charge on any atom is 0.119 e. The molecule has 0 spiro atoms. The van der Waals surface area contributed by atoms with Gasteiger partial charge in [0.05, 0.1) is 0 Å². The second-order valence-electron chi connectivity index (χ2n) is 2.26. The first-order valence-electron chi connectivity index (χ1n) is 3.96. The lowest BCUT2D eigenvalue weighted by Crippen LogP contribution is -1.66. The van der Waals surface area contributed by atoms with Crippen LogP contribution in [0.2, 0.25) is 0 Å². The summed E-state index contributed by atoms with van der Waals surface area (Å²) < 4.78 is 12.7. The fourth-order valence-corrected chi connectivity index (χ4v) is 0.609. The molecule has 0 aromatic heterocycles. The summed E-state index contributed by atoms with van der Waals surface area (Å²) in [5.41, 5.74) is 0. The highest BCUT2D eigenvalue weighted by atomic mass is 19.1. The number of hydrogen-bond donors (Lipinski definition) is 0. The van der Waals surface area contributed by atoms with Gasteiger partial charge in [-0.2, -0.15) is 0 Å². The Labute approximate surface area is 68.1 Å². The Bertz CT molecular complexity index is 164. The molecule has 0 unspecified atom stereocenters. The summed E-state index contributed by atoms with van der Waals surface area (Å²) in [7, 11) is 0. The zero-order chi connectivity index (χ0) is 8.53. The zero-order valence-electron chi connectivity index (χ0n) is 7.18. The second-order valence-corrected chi connectivity index (χ2v) is 2.26. The minimum absolute atomic E-state index is 0.148. The fraction of sp³-hybridized carbons (Fsp3) is 0.400. The number of hydrogen-bond acceptors (Lipinski definition) is 0. The van der Waals surface area contributed by atoms with Gasteiger partial charge in [0.2, 0.25) is 0 Å². The van der Waals surface area contributed by atoms with Crippen LogP contribution in [0.1, 0.15) is 26.7 Å². The van der Waals surface area contributed by atoms with Crippen LogP contribution >= 0.6 is 0 Å². The van der Waals surface area contributed by atoms with E-state index in [2.05, 4.69) is 0 Å². The Kier molecular flexibility index (Phi) is 6.70. The van der Waals surface area contributed by atoms with Crippen molar-refractivity contribution in [3.63, 3.8) is 0 Å². The Morgan fingerprint density at radius 2 is 2.09 bits per heavy atom. The molecule has 0 aliphatic carbocycles. The van der Waals surface area contributed by atoms with E-state index in [1.54, 1.807) is 18.2 Å². The fourth-order valence-electron chi connectivity index (χ4n) is 0.609. The molecule has 0 saturated heterocycles. The average molecular weight is 154 g/mol. The minimum Gasteiger partial charge on any atom is -0.207 e. The van der Waals surface area contributed by atoms with Crippen LogP contribution in [0.3, 0.4) is 0 Å². The van der Waals surface area contributed by atoms with Crippen LogP contribution in [0.25, 0.3) is 0 Å². The van der Waals surface area contributed by atoms with E-state index in [1.807, 2.05) is 19.9 Å². The van der Waals surface area contributed by atoms with Crippen molar-refractivity contribution in [3.05, 3.63) is 36.2 Å². The standard InChI is InChI=1S/C10H15F/c1-3-5-7-9-10(11)8-6-4-2/h3,5,7-9H,4,6H2,1-2H3/b5-3-,9-7-,10-8-. The summed E-state index contributed by atoms with van der Waals surface area (Å²) >= 11 is 0. The van der Waals surface area contributed by atoms with E-state index in [0.717, 1.165) is 12.8 Å². The van der Waals surface area contributed by atoms with Crippen molar-refractivity contribution in [1.29, 1.82) is 0 Å². The molecule has 0 fully saturated rings. The quantitative estimate of drug-likeness (QED) is 0.541. The molecule has 62 valence electrons. The first-order valence-corrected chi connectivity index (χ1v) is 3.96. The SMILES string of the molecule is C\C=C/C=C\C(F)=C\CCC. The molecule has 0 N–H and O–H groups in total. The molecular weight excluding hydrogens is 139 g/mol. The van der Waals surface area contributed by atoms with Crippen LogP contribution in [0.15, 0.2) is 36.2 Å². The summed E-state index contributed by atoms with van der Waals surface area (Å²) in [6.07, 6.45) is 10.2. The van der Waals surface area contributed by atoms with E-state index < -0.39 is 0 Å². The lowest BCUT2D eigenvalue weighted by atomic mass is 10.3. The molecule has 0 aromatic carbocycles. The summed E-state index contributed by atoms with van der Waals surface area (Å²) in [4.78, 5) is 0. The van der Waals surface area contributed by atoms with E-state index in [-0.39, 0.29) is 5.83 Å². The highest BCUT2D eigenvalue weighted by molar-refractivity contribution is 5.15. The van der Waals surface area contributed by atoms with E-state index in [4.69, 9.17) is 0 Å². The molecule has 0 rings (SSSR count). The summed E-state index contributed by atoms with van der Waals surface area (Å²) in [6, 6.07) is 0. The van der Waals surface area contributed by atoms with E-state index >= 15 is 0 Å².